The standard InChI is InChI=1S/C29H31ClF3N5O3/c1-2-26(39)36-14-12-35(13-15-36)21-8-5-19(6-9-21)23-10-7-20(30)16-25(23)37-11-3-4-22(18-37)38-27(29(31,32)33)24(17-34-38)28(40)41/h5-10,16-17,22H,2-4,11-15,18H2,1H3,(H,40,41). The lowest BCUT2D eigenvalue weighted by molar-refractivity contribution is -0.145. The highest BCUT2D eigenvalue weighted by atomic mass is 35.5. The van der Waals surface area contributed by atoms with Crippen LogP contribution in [0.2, 0.25) is 5.02 Å². The van der Waals surface area contributed by atoms with Crippen molar-refractivity contribution in [3.63, 3.8) is 0 Å². The zero-order valence-electron chi connectivity index (χ0n) is 22.6. The summed E-state index contributed by atoms with van der Waals surface area (Å²) < 4.78 is 42.5. The molecule has 1 atom stereocenters. The van der Waals surface area contributed by atoms with Gasteiger partial charge in [0.05, 0.1) is 12.2 Å². The van der Waals surface area contributed by atoms with Crippen LogP contribution in [0.25, 0.3) is 11.1 Å². The van der Waals surface area contributed by atoms with Crippen LogP contribution in [0.3, 0.4) is 0 Å². The van der Waals surface area contributed by atoms with Crippen molar-refractivity contribution in [2.24, 2.45) is 0 Å². The van der Waals surface area contributed by atoms with E-state index < -0.39 is 29.4 Å². The molecule has 2 saturated heterocycles. The van der Waals surface area contributed by atoms with Gasteiger partial charge in [-0.15, -0.1) is 0 Å². The Labute approximate surface area is 240 Å². The number of amides is 1. The lowest BCUT2D eigenvalue weighted by Crippen LogP contribution is -2.48. The van der Waals surface area contributed by atoms with E-state index in [9.17, 15) is 27.9 Å². The SMILES string of the molecule is CCC(=O)N1CCN(c2ccc(-c3ccc(Cl)cc3N3CCCC(n4ncc(C(=O)O)c4C(F)(F)F)C3)cc2)CC1. The van der Waals surface area contributed by atoms with Crippen molar-refractivity contribution < 1.29 is 27.9 Å². The number of aromatic carboxylic acids is 1. The number of benzene rings is 2. The van der Waals surface area contributed by atoms with E-state index >= 15 is 0 Å². The zero-order valence-corrected chi connectivity index (χ0v) is 23.3. The Balaban J connectivity index is 1.38. The predicted molar refractivity (Wildman–Crippen MR) is 151 cm³/mol. The number of anilines is 2. The molecule has 0 aliphatic carbocycles. The number of piperazine rings is 1. The molecule has 0 spiro atoms. The second-order valence-corrected chi connectivity index (χ2v) is 10.8. The highest BCUT2D eigenvalue weighted by molar-refractivity contribution is 6.31. The molecule has 8 nitrogen and oxygen atoms in total. The van der Waals surface area contributed by atoms with Crippen molar-refractivity contribution in [3.05, 3.63) is 64.9 Å². The fourth-order valence-corrected chi connectivity index (χ4v) is 5.92. The molecule has 1 amide bonds. The number of rotatable bonds is 6. The quantitative estimate of drug-likeness (QED) is 0.390. The average Bonchev–Trinajstić information content (AvgIpc) is 3.44. The number of hydrogen-bond acceptors (Lipinski definition) is 5. The molecule has 1 N–H and O–H groups in total. The normalized spacial score (nSPS) is 18.1. The minimum absolute atomic E-state index is 0.166. The number of carboxylic acid groups (broad SMARTS) is 1. The van der Waals surface area contributed by atoms with E-state index in [1.165, 1.54) is 0 Å². The third-order valence-electron chi connectivity index (χ3n) is 7.82. The Kier molecular flexibility index (Phi) is 8.17. The highest BCUT2D eigenvalue weighted by Gasteiger charge is 2.42. The smallest absolute Gasteiger partial charge is 0.433 e. The molecule has 2 aliphatic rings. The first-order chi connectivity index (χ1) is 19.6. The van der Waals surface area contributed by atoms with Gasteiger partial charge in [-0.2, -0.15) is 18.3 Å². The van der Waals surface area contributed by atoms with Crippen molar-refractivity contribution in [1.82, 2.24) is 14.7 Å². The van der Waals surface area contributed by atoms with E-state index in [0.717, 1.165) is 46.5 Å². The summed E-state index contributed by atoms with van der Waals surface area (Å²) >= 11 is 6.38. The van der Waals surface area contributed by atoms with Gasteiger partial charge >= 0.3 is 12.1 Å². The van der Waals surface area contributed by atoms with Crippen LogP contribution in [0.1, 0.15) is 48.3 Å². The average molecular weight is 590 g/mol. The zero-order chi connectivity index (χ0) is 29.3. The van der Waals surface area contributed by atoms with Crippen LogP contribution in [0.4, 0.5) is 24.5 Å². The van der Waals surface area contributed by atoms with Gasteiger partial charge < -0.3 is 19.8 Å². The molecule has 41 heavy (non-hydrogen) atoms. The van der Waals surface area contributed by atoms with E-state index in [4.69, 9.17) is 11.6 Å². The Hall–Kier alpha value is -3.73. The predicted octanol–water partition coefficient (Wildman–Crippen LogP) is 5.82. The van der Waals surface area contributed by atoms with Gasteiger partial charge in [0, 0.05) is 67.7 Å². The summed E-state index contributed by atoms with van der Waals surface area (Å²) in [6.07, 6.45) is -2.54. The molecule has 0 radical (unpaired) electrons. The van der Waals surface area contributed by atoms with Crippen molar-refractivity contribution in [3.8, 4) is 11.1 Å². The van der Waals surface area contributed by atoms with Gasteiger partial charge in [0.15, 0.2) is 5.69 Å². The van der Waals surface area contributed by atoms with Gasteiger partial charge in [-0.1, -0.05) is 36.7 Å². The minimum Gasteiger partial charge on any atom is -0.478 e. The number of hydrogen-bond donors (Lipinski definition) is 1. The molecule has 1 unspecified atom stereocenters. The Morgan fingerprint density at radius 2 is 1.73 bits per heavy atom. The lowest BCUT2D eigenvalue weighted by Gasteiger charge is -2.37. The van der Waals surface area contributed by atoms with Crippen LogP contribution in [-0.4, -0.2) is 70.9 Å². The number of piperidine rings is 1. The summed E-state index contributed by atoms with van der Waals surface area (Å²) in [6, 6.07) is 12.9. The summed E-state index contributed by atoms with van der Waals surface area (Å²) in [5.41, 5.74) is 1.59. The van der Waals surface area contributed by atoms with E-state index in [1.54, 1.807) is 6.07 Å². The van der Waals surface area contributed by atoms with Crippen LogP contribution < -0.4 is 9.80 Å². The van der Waals surface area contributed by atoms with Crippen molar-refractivity contribution in [2.45, 2.75) is 38.4 Å². The second-order valence-electron chi connectivity index (χ2n) is 10.3. The molecular formula is C29H31ClF3N5O3. The molecule has 0 saturated carbocycles. The largest absolute Gasteiger partial charge is 0.478 e. The molecule has 3 aromatic rings. The number of aromatic nitrogens is 2. The number of carbonyl (C=O) groups excluding carboxylic acids is 1. The summed E-state index contributed by atoms with van der Waals surface area (Å²) in [5, 5.41) is 13.7. The Bertz CT molecular complexity index is 1420. The number of nitrogens with zero attached hydrogens (tertiary/aromatic N) is 5. The lowest BCUT2D eigenvalue weighted by atomic mass is 9.99. The molecule has 12 heteroatoms. The first-order valence-corrected chi connectivity index (χ1v) is 14.0. The van der Waals surface area contributed by atoms with Crippen molar-refractivity contribution >= 4 is 34.9 Å². The van der Waals surface area contributed by atoms with E-state index in [2.05, 4.69) is 10.00 Å². The van der Waals surface area contributed by atoms with Gasteiger partial charge in [-0.25, -0.2) is 4.79 Å². The van der Waals surface area contributed by atoms with E-state index in [1.807, 2.05) is 53.1 Å². The highest BCUT2D eigenvalue weighted by Crippen LogP contribution is 2.39. The second kappa shape index (κ2) is 11.6. The van der Waals surface area contributed by atoms with Gasteiger partial charge in [0.25, 0.3) is 0 Å². The van der Waals surface area contributed by atoms with Gasteiger partial charge in [0.2, 0.25) is 5.91 Å². The molecule has 2 aliphatic heterocycles. The van der Waals surface area contributed by atoms with Crippen LogP contribution in [0, 0.1) is 0 Å². The van der Waals surface area contributed by atoms with Crippen LogP contribution in [0.5, 0.6) is 0 Å². The molecule has 0 bridgehead atoms. The van der Waals surface area contributed by atoms with E-state index in [0.29, 0.717) is 43.9 Å². The molecule has 2 aromatic carbocycles. The molecular weight excluding hydrogens is 559 g/mol. The third-order valence-corrected chi connectivity index (χ3v) is 8.05. The van der Waals surface area contributed by atoms with Gasteiger partial charge in [-0.05, 0) is 42.7 Å². The Morgan fingerprint density at radius 3 is 2.37 bits per heavy atom. The maximum atomic E-state index is 13.9. The summed E-state index contributed by atoms with van der Waals surface area (Å²) in [5.74, 6) is -1.49. The number of halogens is 4. The number of carbonyl (C=O) groups is 2. The number of alkyl halides is 3. The van der Waals surface area contributed by atoms with Crippen LogP contribution in [0.15, 0.2) is 48.7 Å². The van der Waals surface area contributed by atoms with Crippen molar-refractivity contribution in [2.75, 3.05) is 49.1 Å². The monoisotopic (exact) mass is 589 g/mol. The van der Waals surface area contributed by atoms with Gasteiger partial charge in [0.1, 0.15) is 5.56 Å². The van der Waals surface area contributed by atoms with Crippen LogP contribution >= 0.6 is 11.6 Å². The summed E-state index contributed by atoms with van der Waals surface area (Å²) in [4.78, 5) is 29.6. The van der Waals surface area contributed by atoms with E-state index in [-0.39, 0.29) is 12.5 Å². The fraction of sp³-hybridized carbons (Fsp3) is 0.414. The molecule has 2 fully saturated rings. The minimum atomic E-state index is -4.85. The molecule has 1 aromatic heterocycles. The topological polar surface area (TPSA) is 81.9 Å². The first-order valence-electron chi connectivity index (χ1n) is 13.6. The molecule has 3 heterocycles. The fourth-order valence-electron chi connectivity index (χ4n) is 5.75. The Morgan fingerprint density at radius 1 is 1.02 bits per heavy atom. The third kappa shape index (κ3) is 6.00. The van der Waals surface area contributed by atoms with Crippen molar-refractivity contribution in [1.29, 1.82) is 0 Å². The summed E-state index contributed by atoms with van der Waals surface area (Å²) in [6.45, 7) is 5.58. The molecule has 218 valence electrons. The first kappa shape index (κ1) is 28.8. The van der Waals surface area contributed by atoms with Crippen LogP contribution in [-0.2, 0) is 11.0 Å². The maximum absolute atomic E-state index is 13.9. The molecule has 5 rings (SSSR count). The maximum Gasteiger partial charge on any atom is 0.433 e. The summed E-state index contributed by atoms with van der Waals surface area (Å²) in [7, 11) is 0. The number of carboxylic acids is 1. The van der Waals surface area contributed by atoms with Gasteiger partial charge in [-0.3, -0.25) is 9.48 Å².